The number of benzene rings is 3. The van der Waals surface area contributed by atoms with E-state index in [0.29, 0.717) is 19.1 Å². The average molecular weight is 446 g/mol. The summed E-state index contributed by atoms with van der Waals surface area (Å²) >= 11 is 0. The van der Waals surface area contributed by atoms with E-state index in [1.54, 1.807) is 0 Å². The Labute approximate surface area is 195 Å². The van der Waals surface area contributed by atoms with E-state index in [2.05, 4.69) is 36.4 Å². The molecule has 4 rings (SSSR count). The summed E-state index contributed by atoms with van der Waals surface area (Å²) in [5, 5.41) is 9.17. The Morgan fingerprint density at radius 1 is 0.939 bits per heavy atom. The molecule has 5 nitrogen and oxygen atoms in total. The number of carboxylic acid groups (broad SMARTS) is 1. The van der Waals surface area contributed by atoms with Crippen LogP contribution in [0.15, 0.2) is 78.9 Å². The van der Waals surface area contributed by atoms with Gasteiger partial charge in [-0.05, 0) is 66.8 Å². The molecule has 5 heteroatoms. The van der Waals surface area contributed by atoms with E-state index in [0.717, 1.165) is 30.9 Å². The number of para-hydroxylation sites is 1. The number of likely N-dealkylation sites (N-methyl/N-ethyl adjacent to an activating group) is 1. The lowest BCUT2D eigenvalue weighted by atomic mass is 9.71. The lowest BCUT2D eigenvalue weighted by Crippen LogP contribution is -2.35. The molecule has 3 aromatic carbocycles. The van der Waals surface area contributed by atoms with Crippen molar-refractivity contribution in [1.82, 2.24) is 4.90 Å². The first-order valence-corrected chi connectivity index (χ1v) is 11.5. The van der Waals surface area contributed by atoms with Crippen LogP contribution in [0.5, 0.6) is 11.5 Å². The Bertz CT molecular complexity index is 1040. The van der Waals surface area contributed by atoms with Gasteiger partial charge in [0.25, 0.3) is 0 Å². The second kappa shape index (κ2) is 11.0. The zero-order valence-corrected chi connectivity index (χ0v) is 19.0. The molecule has 0 saturated carbocycles. The van der Waals surface area contributed by atoms with Gasteiger partial charge < -0.3 is 14.6 Å². The standard InChI is InChI=1S/C28H31NO4/c1-29(20-27(30)31)19-23-13-12-22-18-25(33-17-16-32-24-10-6-3-7-11-24)14-15-26(22)28(23)21-8-4-2-5-9-21/h2-11,14-15,18,23,28H,12-13,16-17,19-20H2,1H3,(H,30,31)/t23-,28+/m1/s1. The lowest BCUT2D eigenvalue weighted by Gasteiger charge is -2.36. The van der Waals surface area contributed by atoms with E-state index in [-0.39, 0.29) is 12.5 Å². The fourth-order valence-electron chi connectivity index (χ4n) is 4.79. The summed E-state index contributed by atoms with van der Waals surface area (Å²) in [6, 6.07) is 26.7. The molecule has 1 N–H and O–H groups in total. The minimum Gasteiger partial charge on any atom is -0.490 e. The third-order valence-electron chi connectivity index (χ3n) is 6.18. The molecule has 0 aromatic heterocycles. The SMILES string of the molecule is CN(CC(=O)O)C[C@H]1CCc2cc(OCCOc3ccccc3)ccc2[C@H]1c1ccccc1. The first-order chi connectivity index (χ1) is 16.1. The molecule has 3 aromatic rings. The molecule has 0 radical (unpaired) electrons. The zero-order chi connectivity index (χ0) is 23.0. The Morgan fingerprint density at radius 3 is 2.30 bits per heavy atom. The molecule has 0 saturated heterocycles. The van der Waals surface area contributed by atoms with Crippen LogP contribution < -0.4 is 9.47 Å². The van der Waals surface area contributed by atoms with Gasteiger partial charge in [-0.3, -0.25) is 9.69 Å². The number of nitrogens with zero attached hydrogens (tertiary/aromatic N) is 1. The third kappa shape index (κ3) is 6.14. The summed E-state index contributed by atoms with van der Waals surface area (Å²) < 4.78 is 11.7. The molecular formula is C28H31NO4. The highest BCUT2D eigenvalue weighted by Gasteiger charge is 2.32. The van der Waals surface area contributed by atoms with Crippen molar-refractivity contribution < 1.29 is 19.4 Å². The van der Waals surface area contributed by atoms with E-state index in [1.165, 1.54) is 16.7 Å². The molecular weight excluding hydrogens is 414 g/mol. The van der Waals surface area contributed by atoms with E-state index >= 15 is 0 Å². The van der Waals surface area contributed by atoms with Gasteiger partial charge in [-0.15, -0.1) is 0 Å². The van der Waals surface area contributed by atoms with Crippen LogP contribution in [0.25, 0.3) is 0 Å². The van der Waals surface area contributed by atoms with Crippen LogP contribution in [-0.4, -0.2) is 49.3 Å². The second-order valence-corrected chi connectivity index (χ2v) is 8.65. The molecule has 0 bridgehead atoms. The fourth-order valence-corrected chi connectivity index (χ4v) is 4.79. The monoisotopic (exact) mass is 445 g/mol. The van der Waals surface area contributed by atoms with E-state index in [4.69, 9.17) is 9.47 Å². The minimum atomic E-state index is -0.789. The van der Waals surface area contributed by atoms with Gasteiger partial charge >= 0.3 is 5.97 Å². The first kappa shape index (κ1) is 22.9. The average Bonchev–Trinajstić information content (AvgIpc) is 2.82. The molecule has 0 unspecified atom stereocenters. The number of carbonyl (C=O) groups is 1. The summed E-state index contributed by atoms with van der Waals surface area (Å²) in [6.07, 6.45) is 1.97. The fraction of sp³-hybridized carbons (Fsp3) is 0.321. The number of aryl methyl sites for hydroxylation is 1. The van der Waals surface area contributed by atoms with Crippen LogP contribution >= 0.6 is 0 Å². The van der Waals surface area contributed by atoms with Crippen molar-refractivity contribution in [3.63, 3.8) is 0 Å². The molecule has 0 amide bonds. The topological polar surface area (TPSA) is 59.0 Å². The van der Waals surface area contributed by atoms with Crippen LogP contribution in [0.1, 0.15) is 29.0 Å². The van der Waals surface area contributed by atoms with Gasteiger partial charge in [0.1, 0.15) is 24.7 Å². The molecule has 0 fully saturated rings. The van der Waals surface area contributed by atoms with Gasteiger partial charge in [0, 0.05) is 12.5 Å². The Hall–Kier alpha value is -3.31. The quantitative estimate of drug-likeness (QED) is 0.452. The minimum absolute atomic E-state index is 0.0582. The molecule has 0 heterocycles. The van der Waals surface area contributed by atoms with Gasteiger partial charge in [0.2, 0.25) is 0 Å². The van der Waals surface area contributed by atoms with Crippen molar-refractivity contribution in [3.05, 3.63) is 95.6 Å². The summed E-state index contributed by atoms with van der Waals surface area (Å²) in [7, 11) is 1.89. The maximum absolute atomic E-state index is 11.2. The number of fused-ring (bicyclic) bond motifs is 1. The molecule has 1 aliphatic carbocycles. The van der Waals surface area contributed by atoms with Gasteiger partial charge in [-0.1, -0.05) is 54.6 Å². The van der Waals surface area contributed by atoms with E-state index < -0.39 is 5.97 Å². The highest BCUT2D eigenvalue weighted by atomic mass is 16.5. The lowest BCUT2D eigenvalue weighted by molar-refractivity contribution is -0.138. The molecule has 2 atom stereocenters. The summed E-state index contributed by atoms with van der Waals surface area (Å²) in [6.45, 7) is 1.78. The molecule has 0 spiro atoms. The highest BCUT2D eigenvalue weighted by molar-refractivity contribution is 5.69. The maximum atomic E-state index is 11.2. The number of rotatable bonds is 10. The van der Waals surface area contributed by atoms with Crippen molar-refractivity contribution in [2.24, 2.45) is 5.92 Å². The molecule has 1 aliphatic rings. The summed E-state index contributed by atoms with van der Waals surface area (Å²) in [4.78, 5) is 13.1. The zero-order valence-electron chi connectivity index (χ0n) is 19.0. The number of ether oxygens (including phenoxy) is 2. The van der Waals surface area contributed by atoms with Crippen LogP contribution in [0.4, 0.5) is 0 Å². The Kier molecular flexibility index (Phi) is 7.63. The largest absolute Gasteiger partial charge is 0.490 e. The molecule has 0 aliphatic heterocycles. The summed E-state index contributed by atoms with van der Waals surface area (Å²) in [5.74, 6) is 1.51. The van der Waals surface area contributed by atoms with Crippen molar-refractivity contribution in [3.8, 4) is 11.5 Å². The normalized spacial score (nSPS) is 17.4. The van der Waals surface area contributed by atoms with Crippen LogP contribution in [0.2, 0.25) is 0 Å². The second-order valence-electron chi connectivity index (χ2n) is 8.65. The van der Waals surface area contributed by atoms with Crippen molar-refractivity contribution in [1.29, 1.82) is 0 Å². The first-order valence-electron chi connectivity index (χ1n) is 11.5. The Morgan fingerprint density at radius 2 is 1.61 bits per heavy atom. The van der Waals surface area contributed by atoms with E-state index in [1.807, 2.05) is 54.4 Å². The summed E-state index contributed by atoms with van der Waals surface area (Å²) in [5.41, 5.74) is 3.90. The smallest absolute Gasteiger partial charge is 0.317 e. The van der Waals surface area contributed by atoms with E-state index in [9.17, 15) is 9.90 Å². The number of carboxylic acids is 1. The van der Waals surface area contributed by atoms with Gasteiger partial charge in [-0.2, -0.15) is 0 Å². The molecule has 172 valence electrons. The number of hydrogen-bond donors (Lipinski definition) is 1. The Balaban J connectivity index is 1.46. The van der Waals surface area contributed by atoms with Crippen LogP contribution in [0, 0.1) is 5.92 Å². The van der Waals surface area contributed by atoms with Gasteiger partial charge in [-0.25, -0.2) is 0 Å². The predicted molar refractivity (Wildman–Crippen MR) is 129 cm³/mol. The van der Waals surface area contributed by atoms with Crippen molar-refractivity contribution >= 4 is 5.97 Å². The molecule has 33 heavy (non-hydrogen) atoms. The van der Waals surface area contributed by atoms with Crippen molar-refractivity contribution in [2.45, 2.75) is 18.8 Å². The third-order valence-corrected chi connectivity index (χ3v) is 6.18. The van der Waals surface area contributed by atoms with Crippen LogP contribution in [0.3, 0.4) is 0 Å². The highest BCUT2D eigenvalue weighted by Crippen LogP contribution is 2.42. The maximum Gasteiger partial charge on any atom is 0.317 e. The number of hydrogen-bond acceptors (Lipinski definition) is 4. The van der Waals surface area contributed by atoms with Crippen molar-refractivity contribution in [2.75, 3.05) is 33.4 Å². The number of aliphatic carboxylic acids is 1. The van der Waals surface area contributed by atoms with Gasteiger partial charge in [0.05, 0.1) is 6.54 Å². The predicted octanol–water partition coefficient (Wildman–Crippen LogP) is 4.86. The van der Waals surface area contributed by atoms with Gasteiger partial charge in [0.15, 0.2) is 0 Å². The van der Waals surface area contributed by atoms with Crippen LogP contribution in [-0.2, 0) is 11.2 Å².